The van der Waals surface area contributed by atoms with Gasteiger partial charge < -0.3 is 0 Å². The first-order valence-electron chi connectivity index (χ1n) is 14.9. The van der Waals surface area contributed by atoms with Gasteiger partial charge >= 0.3 is 0 Å². The fourth-order valence-electron chi connectivity index (χ4n) is 5.61. The summed E-state index contributed by atoms with van der Waals surface area (Å²) in [7, 11) is 0. The number of aromatic nitrogens is 2. The number of hydrogen-bond acceptors (Lipinski definition) is 4. The van der Waals surface area contributed by atoms with Gasteiger partial charge in [0, 0.05) is 22.3 Å². The van der Waals surface area contributed by atoms with E-state index in [9.17, 15) is 10.5 Å². The molecule has 1 aromatic heterocycles. The van der Waals surface area contributed by atoms with Gasteiger partial charge in [-0.25, -0.2) is 9.97 Å². The van der Waals surface area contributed by atoms with Crippen LogP contribution >= 0.6 is 0 Å². The maximum Gasteiger partial charge on any atom is 0.0991 e. The van der Waals surface area contributed by atoms with Gasteiger partial charge in [-0.1, -0.05) is 133 Å². The van der Waals surface area contributed by atoms with Gasteiger partial charge in [0.05, 0.1) is 46.0 Å². The molecule has 6 aromatic carbocycles. The Hall–Kier alpha value is -6.62. The molecular formula is C42H26N4. The topological polar surface area (TPSA) is 73.4 Å². The molecule has 214 valence electrons. The lowest BCUT2D eigenvalue weighted by Crippen LogP contribution is -2.01. The first-order chi connectivity index (χ1) is 22.7. The fourth-order valence-corrected chi connectivity index (χ4v) is 5.61. The zero-order valence-corrected chi connectivity index (χ0v) is 24.8. The van der Waals surface area contributed by atoms with E-state index in [4.69, 9.17) is 9.97 Å². The second kappa shape index (κ2) is 12.5. The summed E-state index contributed by atoms with van der Waals surface area (Å²) in [6.45, 7) is 0. The lowest BCUT2D eigenvalue weighted by molar-refractivity contribution is 1.21. The molecule has 0 N–H and O–H groups in total. The summed E-state index contributed by atoms with van der Waals surface area (Å²) < 4.78 is 0. The van der Waals surface area contributed by atoms with Crippen LogP contribution in [0.1, 0.15) is 11.1 Å². The van der Waals surface area contributed by atoms with Gasteiger partial charge in [0.1, 0.15) is 0 Å². The van der Waals surface area contributed by atoms with Gasteiger partial charge in [-0.3, -0.25) is 0 Å². The first kappa shape index (κ1) is 28.2. The SMILES string of the molecule is N#Cc1cccc(-c2ccc(-c3nc(-c4ccccc4)c(-c4ccccc4)nc3-c3ccc(-c4cccc(C#N)c4)cc3)cc2)c1. The molecular weight excluding hydrogens is 560 g/mol. The highest BCUT2D eigenvalue weighted by molar-refractivity contribution is 5.87. The molecule has 0 saturated carbocycles. The van der Waals surface area contributed by atoms with Crippen LogP contribution in [-0.2, 0) is 0 Å². The molecule has 0 aliphatic carbocycles. The standard InChI is InChI=1S/C42H26N4/c43-27-29-9-7-15-37(25-29)31-17-21-35(22-18-31)41-42(36-23-19-32(20-24-36)38-16-8-10-30(26-38)28-44)46-40(34-13-5-2-6-14-34)39(45-41)33-11-3-1-4-12-33/h1-26H. The van der Waals surface area contributed by atoms with Gasteiger partial charge in [-0.2, -0.15) is 10.5 Å². The molecule has 0 radical (unpaired) electrons. The number of hydrogen-bond donors (Lipinski definition) is 0. The molecule has 46 heavy (non-hydrogen) atoms. The molecule has 1 heterocycles. The van der Waals surface area contributed by atoms with Crippen LogP contribution in [0.2, 0.25) is 0 Å². The van der Waals surface area contributed by atoms with Crippen molar-refractivity contribution in [1.29, 1.82) is 10.5 Å². The molecule has 0 spiro atoms. The molecule has 0 aliphatic heterocycles. The largest absolute Gasteiger partial charge is 0.243 e. The fraction of sp³-hybridized carbons (Fsp3) is 0. The number of benzene rings is 6. The quantitative estimate of drug-likeness (QED) is 0.194. The Morgan fingerprint density at radius 3 is 0.957 bits per heavy atom. The maximum atomic E-state index is 9.39. The van der Waals surface area contributed by atoms with Gasteiger partial charge in [0.2, 0.25) is 0 Å². The van der Waals surface area contributed by atoms with Gasteiger partial charge in [-0.05, 0) is 46.5 Å². The third-order valence-corrected chi connectivity index (χ3v) is 7.96. The van der Waals surface area contributed by atoms with Crippen LogP contribution in [0.5, 0.6) is 0 Å². The molecule has 7 aromatic rings. The van der Waals surface area contributed by atoms with Crippen LogP contribution in [0.3, 0.4) is 0 Å². The molecule has 0 fully saturated rings. The molecule has 0 saturated heterocycles. The Morgan fingerprint density at radius 2 is 0.609 bits per heavy atom. The van der Waals surface area contributed by atoms with E-state index in [0.717, 1.165) is 67.3 Å². The zero-order valence-electron chi connectivity index (χ0n) is 24.8. The predicted molar refractivity (Wildman–Crippen MR) is 184 cm³/mol. The van der Waals surface area contributed by atoms with Crippen LogP contribution < -0.4 is 0 Å². The van der Waals surface area contributed by atoms with E-state index in [-0.39, 0.29) is 0 Å². The maximum absolute atomic E-state index is 9.39. The lowest BCUT2D eigenvalue weighted by Gasteiger charge is -2.16. The third kappa shape index (κ3) is 5.67. The Morgan fingerprint density at radius 1 is 0.304 bits per heavy atom. The molecule has 4 nitrogen and oxygen atoms in total. The second-order valence-electron chi connectivity index (χ2n) is 10.9. The van der Waals surface area contributed by atoms with Crippen LogP contribution in [0.25, 0.3) is 67.3 Å². The second-order valence-corrected chi connectivity index (χ2v) is 10.9. The van der Waals surface area contributed by atoms with E-state index in [2.05, 4.69) is 84.9 Å². The van der Waals surface area contributed by atoms with E-state index in [0.29, 0.717) is 11.1 Å². The highest BCUT2D eigenvalue weighted by Crippen LogP contribution is 2.38. The first-order valence-corrected chi connectivity index (χ1v) is 14.9. The summed E-state index contributed by atoms with van der Waals surface area (Å²) in [6, 6.07) is 56.6. The smallest absolute Gasteiger partial charge is 0.0991 e. The van der Waals surface area contributed by atoms with Crippen LogP contribution in [0, 0.1) is 22.7 Å². The Labute approximate surface area is 268 Å². The van der Waals surface area contributed by atoms with Crippen molar-refractivity contribution in [1.82, 2.24) is 9.97 Å². The molecule has 0 bridgehead atoms. The predicted octanol–water partition coefficient (Wildman–Crippen LogP) is 10.2. The molecule has 7 rings (SSSR count). The zero-order chi connectivity index (χ0) is 31.3. The number of nitrogens with zero attached hydrogens (tertiary/aromatic N) is 4. The van der Waals surface area contributed by atoms with E-state index in [1.54, 1.807) is 0 Å². The number of nitriles is 2. The average molecular weight is 587 g/mol. The van der Waals surface area contributed by atoms with E-state index >= 15 is 0 Å². The highest BCUT2D eigenvalue weighted by atomic mass is 14.9. The van der Waals surface area contributed by atoms with Gasteiger partial charge in [-0.15, -0.1) is 0 Å². The summed E-state index contributed by atoms with van der Waals surface area (Å²) in [4.78, 5) is 10.7. The van der Waals surface area contributed by atoms with Crippen molar-refractivity contribution < 1.29 is 0 Å². The third-order valence-electron chi connectivity index (χ3n) is 7.96. The summed E-state index contributed by atoms with van der Waals surface area (Å²) in [5, 5.41) is 18.8. The van der Waals surface area contributed by atoms with Crippen molar-refractivity contribution in [3.63, 3.8) is 0 Å². The lowest BCUT2D eigenvalue weighted by atomic mass is 9.96. The normalized spacial score (nSPS) is 10.6. The summed E-state index contributed by atoms with van der Waals surface area (Å²) >= 11 is 0. The highest BCUT2D eigenvalue weighted by Gasteiger charge is 2.19. The minimum Gasteiger partial charge on any atom is -0.243 e. The van der Waals surface area contributed by atoms with E-state index < -0.39 is 0 Å². The van der Waals surface area contributed by atoms with Crippen LogP contribution in [0.15, 0.2) is 158 Å². The van der Waals surface area contributed by atoms with E-state index in [1.165, 1.54) is 0 Å². The molecule has 0 amide bonds. The van der Waals surface area contributed by atoms with Crippen LogP contribution in [-0.4, -0.2) is 9.97 Å². The van der Waals surface area contributed by atoms with Crippen molar-refractivity contribution in [2.45, 2.75) is 0 Å². The molecule has 0 unspecified atom stereocenters. The Bertz CT molecular complexity index is 2080. The summed E-state index contributed by atoms with van der Waals surface area (Å²) in [5.41, 5.74) is 12.3. The molecule has 0 aliphatic rings. The molecule has 0 atom stereocenters. The minimum absolute atomic E-state index is 0.626. The van der Waals surface area contributed by atoms with Crippen molar-refractivity contribution in [2.75, 3.05) is 0 Å². The van der Waals surface area contributed by atoms with Crippen molar-refractivity contribution in [3.8, 4) is 79.4 Å². The average Bonchev–Trinajstić information content (AvgIpc) is 3.15. The van der Waals surface area contributed by atoms with Crippen molar-refractivity contribution >= 4 is 0 Å². The monoisotopic (exact) mass is 586 g/mol. The van der Waals surface area contributed by atoms with Crippen molar-refractivity contribution in [2.24, 2.45) is 0 Å². The molecule has 4 heteroatoms. The Kier molecular flexibility index (Phi) is 7.68. The van der Waals surface area contributed by atoms with Crippen LogP contribution in [0.4, 0.5) is 0 Å². The van der Waals surface area contributed by atoms with Gasteiger partial charge in [0.15, 0.2) is 0 Å². The Balaban J connectivity index is 1.41. The van der Waals surface area contributed by atoms with Gasteiger partial charge in [0.25, 0.3) is 0 Å². The summed E-state index contributed by atoms with van der Waals surface area (Å²) in [5.74, 6) is 0. The minimum atomic E-state index is 0.626. The van der Waals surface area contributed by atoms with E-state index in [1.807, 2.05) is 84.9 Å². The summed E-state index contributed by atoms with van der Waals surface area (Å²) in [6.07, 6.45) is 0. The number of rotatable bonds is 6. The van der Waals surface area contributed by atoms with Crippen molar-refractivity contribution in [3.05, 3.63) is 169 Å².